The molecule has 1 unspecified atom stereocenters. The predicted octanol–water partition coefficient (Wildman–Crippen LogP) is 3.25. The molecule has 0 amide bonds. The lowest BCUT2D eigenvalue weighted by molar-refractivity contribution is 0.217. The highest BCUT2D eigenvalue weighted by atomic mass is 16.3. The molecule has 0 bridgehead atoms. The van der Waals surface area contributed by atoms with Crippen molar-refractivity contribution >= 4 is 0 Å². The molecule has 84 valence electrons. The minimum atomic E-state index is 0.307. The summed E-state index contributed by atoms with van der Waals surface area (Å²) >= 11 is 0. The van der Waals surface area contributed by atoms with E-state index >= 15 is 0 Å². The predicted molar refractivity (Wildman–Crippen MR) is 65.1 cm³/mol. The van der Waals surface area contributed by atoms with Gasteiger partial charge in [0.25, 0.3) is 0 Å². The van der Waals surface area contributed by atoms with E-state index in [0.717, 1.165) is 19.3 Å². The minimum absolute atomic E-state index is 0.307. The van der Waals surface area contributed by atoms with Crippen LogP contribution in [-0.4, -0.2) is 11.7 Å². The highest BCUT2D eigenvalue weighted by Gasteiger charge is 2.09. The van der Waals surface area contributed by atoms with Crippen molar-refractivity contribution in [3.05, 3.63) is 34.9 Å². The fraction of sp³-hybridized carbons (Fsp3) is 0.571. The van der Waals surface area contributed by atoms with Crippen molar-refractivity contribution in [1.82, 2.24) is 0 Å². The van der Waals surface area contributed by atoms with E-state index in [1.165, 1.54) is 16.7 Å². The molecule has 0 aliphatic heterocycles. The van der Waals surface area contributed by atoms with Crippen molar-refractivity contribution in [2.75, 3.05) is 6.61 Å². The summed E-state index contributed by atoms with van der Waals surface area (Å²) in [5.41, 5.74) is 4.04. The van der Waals surface area contributed by atoms with Crippen LogP contribution in [0.3, 0.4) is 0 Å². The highest BCUT2D eigenvalue weighted by molar-refractivity contribution is 5.30. The van der Waals surface area contributed by atoms with Gasteiger partial charge in [0.2, 0.25) is 0 Å². The van der Waals surface area contributed by atoms with Crippen LogP contribution >= 0.6 is 0 Å². The van der Waals surface area contributed by atoms with Gasteiger partial charge in [-0.05, 0) is 43.7 Å². The average molecular weight is 206 g/mol. The zero-order chi connectivity index (χ0) is 11.3. The molecule has 1 atom stereocenters. The van der Waals surface area contributed by atoms with Crippen molar-refractivity contribution in [1.29, 1.82) is 0 Å². The van der Waals surface area contributed by atoms with Gasteiger partial charge in [0.1, 0.15) is 0 Å². The van der Waals surface area contributed by atoms with Crippen molar-refractivity contribution < 1.29 is 5.11 Å². The third kappa shape index (κ3) is 3.67. The summed E-state index contributed by atoms with van der Waals surface area (Å²) in [5.74, 6) is 0.426. The Kier molecular flexibility index (Phi) is 4.83. The van der Waals surface area contributed by atoms with Crippen LogP contribution in [0.2, 0.25) is 0 Å². The maximum absolute atomic E-state index is 9.28. The Hall–Kier alpha value is -0.820. The Labute approximate surface area is 93.1 Å². The second kappa shape index (κ2) is 5.92. The molecule has 1 aromatic carbocycles. The fourth-order valence-electron chi connectivity index (χ4n) is 2.00. The van der Waals surface area contributed by atoms with Crippen LogP contribution in [0.4, 0.5) is 0 Å². The lowest BCUT2D eigenvalue weighted by atomic mass is 9.92. The van der Waals surface area contributed by atoms with E-state index < -0.39 is 0 Å². The van der Waals surface area contributed by atoms with Gasteiger partial charge >= 0.3 is 0 Å². The zero-order valence-corrected chi connectivity index (χ0v) is 10.1. The number of hydrogen-bond donors (Lipinski definition) is 1. The SMILES string of the molecule is CCCC(CO)Cc1cc(C)ccc1C. The van der Waals surface area contributed by atoms with E-state index in [4.69, 9.17) is 0 Å². The number of aryl methyl sites for hydroxylation is 2. The van der Waals surface area contributed by atoms with E-state index in [2.05, 4.69) is 39.0 Å². The molecule has 0 saturated carbocycles. The van der Waals surface area contributed by atoms with Crippen molar-refractivity contribution in [2.45, 2.75) is 40.0 Å². The van der Waals surface area contributed by atoms with Crippen LogP contribution in [0.25, 0.3) is 0 Å². The first-order chi connectivity index (χ1) is 7.17. The summed E-state index contributed by atoms with van der Waals surface area (Å²) in [7, 11) is 0. The Balaban J connectivity index is 2.73. The second-order valence-electron chi connectivity index (χ2n) is 4.47. The van der Waals surface area contributed by atoms with Gasteiger partial charge in [-0.2, -0.15) is 0 Å². The van der Waals surface area contributed by atoms with E-state index in [1.54, 1.807) is 0 Å². The van der Waals surface area contributed by atoms with Crippen LogP contribution in [0, 0.1) is 19.8 Å². The molecule has 0 heterocycles. The summed E-state index contributed by atoms with van der Waals surface area (Å²) in [6.45, 7) is 6.75. The standard InChI is InChI=1S/C14H22O/c1-4-5-13(10-15)9-14-8-11(2)6-7-12(14)3/h6-8,13,15H,4-5,9-10H2,1-3H3. The Morgan fingerprint density at radius 2 is 2.00 bits per heavy atom. The molecule has 0 aromatic heterocycles. The van der Waals surface area contributed by atoms with Gasteiger partial charge in [-0.25, -0.2) is 0 Å². The molecule has 1 aromatic rings. The van der Waals surface area contributed by atoms with Gasteiger partial charge in [0.15, 0.2) is 0 Å². The summed E-state index contributed by atoms with van der Waals surface area (Å²) in [5, 5.41) is 9.28. The third-order valence-electron chi connectivity index (χ3n) is 2.97. The van der Waals surface area contributed by atoms with Crippen LogP contribution < -0.4 is 0 Å². The van der Waals surface area contributed by atoms with Gasteiger partial charge in [-0.3, -0.25) is 0 Å². The summed E-state index contributed by atoms with van der Waals surface area (Å²) in [4.78, 5) is 0. The lowest BCUT2D eigenvalue weighted by Gasteiger charge is -2.15. The van der Waals surface area contributed by atoms with Gasteiger partial charge in [-0.15, -0.1) is 0 Å². The number of aliphatic hydroxyl groups excluding tert-OH is 1. The number of benzene rings is 1. The first-order valence-electron chi connectivity index (χ1n) is 5.84. The first-order valence-corrected chi connectivity index (χ1v) is 5.84. The molecule has 1 N–H and O–H groups in total. The second-order valence-corrected chi connectivity index (χ2v) is 4.47. The van der Waals surface area contributed by atoms with Gasteiger partial charge in [0.05, 0.1) is 0 Å². The highest BCUT2D eigenvalue weighted by Crippen LogP contribution is 2.18. The summed E-state index contributed by atoms with van der Waals surface area (Å²) < 4.78 is 0. The molecule has 1 heteroatoms. The maximum atomic E-state index is 9.28. The van der Waals surface area contributed by atoms with E-state index in [9.17, 15) is 5.11 Å². The first kappa shape index (κ1) is 12.3. The van der Waals surface area contributed by atoms with Crippen molar-refractivity contribution in [3.8, 4) is 0 Å². The zero-order valence-electron chi connectivity index (χ0n) is 10.1. The molecule has 0 radical (unpaired) electrons. The fourth-order valence-corrected chi connectivity index (χ4v) is 2.00. The molecular weight excluding hydrogens is 184 g/mol. The van der Waals surface area contributed by atoms with Crippen LogP contribution in [0.15, 0.2) is 18.2 Å². The summed E-state index contributed by atoms with van der Waals surface area (Å²) in [6.07, 6.45) is 3.28. The quantitative estimate of drug-likeness (QED) is 0.784. The molecule has 1 rings (SSSR count). The monoisotopic (exact) mass is 206 g/mol. The molecular formula is C14H22O. The van der Waals surface area contributed by atoms with Gasteiger partial charge in [-0.1, -0.05) is 37.1 Å². The topological polar surface area (TPSA) is 20.2 Å². The van der Waals surface area contributed by atoms with Crippen molar-refractivity contribution in [3.63, 3.8) is 0 Å². The number of rotatable bonds is 5. The Bertz CT molecular complexity index is 304. The van der Waals surface area contributed by atoms with Crippen LogP contribution in [0.1, 0.15) is 36.5 Å². The molecule has 0 spiro atoms. The number of aliphatic hydroxyl groups is 1. The molecule has 0 fully saturated rings. The Morgan fingerprint density at radius 3 is 2.60 bits per heavy atom. The maximum Gasteiger partial charge on any atom is 0.0462 e. The molecule has 0 aliphatic rings. The molecule has 0 saturated heterocycles. The minimum Gasteiger partial charge on any atom is -0.396 e. The Morgan fingerprint density at radius 1 is 1.27 bits per heavy atom. The molecule has 1 nitrogen and oxygen atoms in total. The van der Waals surface area contributed by atoms with Crippen molar-refractivity contribution in [2.24, 2.45) is 5.92 Å². The van der Waals surface area contributed by atoms with E-state index in [-0.39, 0.29) is 0 Å². The van der Waals surface area contributed by atoms with E-state index in [1.807, 2.05) is 0 Å². The lowest BCUT2D eigenvalue weighted by Crippen LogP contribution is -2.10. The third-order valence-corrected chi connectivity index (χ3v) is 2.97. The molecule has 15 heavy (non-hydrogen) atoms. The van der Waals surface area contributed by atoms with Gasteiger partial charge < -0.3 is 5.11 Å². The summed E-state index contributed by atoms with van der Waals surface area (Å²) in [6, 6.07) is 6.56. The van der Waals surface area contributed by atoms with Crippen LogP contribution in [-0.2, 0) is 6.42 Å². The largest absolute Gasteiger partial charge is 0.396 e. The average Bonchev–Trinajstić information content (AvgIpc) is 2.22. The van der Waals surface area contributed by atoms with E-state index in [0.29, 0.717) is 12.5 Å². The smallest absolute Gasteiger partial charge is 0.0462 e. The normalized spacial score (nSPS) is 12.8. The number of hydrogen-bond acceptors (Lipinski definition) is 1. The van der Waals surface area contributed by atoms with Crippen LogP contribution in [0.5, 0.6) is 0 Å². The van der Waals surface area contributed by atoms with Gasteiger partial charge in [0, 0.05) is 6.61 Å². The molecule has 0 aliphatic carbocycles.